The molecule has 0 radical (unpaired) electrons. The van der Waals surface area contributed by atoms with Crippen LogP contribution in [0.5, 0.6) is 0 Å². The molecule has 0 saturated carbocycles. The lowest BCUT2D eigenvalue weighted by Gasteiger charge is -2.26. The van der Waals surface area contributed by atoms with Crippen molar-refractivity contribution in [3.63, 3.8) is 0 Å². The fourth-order valence-electron chi connectivity index (χ4n) is 2.01. The molecule has 2 aromatic rings. The molecule has 1 aromatic carbocycles. The van der Waals surface area contributed by atoms with E-state index in [1.165, 1.54) is 17.4 Å². The van der Waals surface area contributed by atoms with Gasteiger partial charge in [-0.3, -0.25) is 0 Å². The van der Waals surface area contributed by atoms with E-state index < -0.39 is 0 Å². The molecule has 0 saturated heterocycles. The van der Waals surface area contributed by atoms with Crippen molar-refractivity contribution < 1.29 is 4.39 Å². The predicted octanol–water partition coefficient (Wildman–Crippen LogP) is 2.93. The highest BCUT2D eigenvalue weighted by Gasteiger charge is 2.23. The lowest BCUT2D eigenvalue weighted by atomic mass is 9.84. The van der Waals surface area contributed by atoms with Gasteiger partial charge in [-0.25, -0.2) is 9.37 Å². The van der Waals surface area contributed by atoms with Gasteiger partial charge < -0.3 is 11.1 Å². The zero-order chi connectivity index (χ0) is 13.9. The Hall–Kier alpha value is -1.46. The molecule has 2 rings (SSSR count). The van der Waals surface area contributed by atoms with Crippen LogP contribution in [0.25, 0.3) is 0 Å². The molecule has 0 aliphatic rings. The number of hydrogen-bond donors (Lipinski definition) is 2. The molecule has 5 heteroatoms. The molecule has 0 aliphatic heterocycles. The number of rotatable bonds is 5. The SMILES string of the molecule is CC(C)(CNCc1cnc(N)s1)c1ccccc1F. The molecule has 0 fully saturated rings. The van der Waals surface area contributed by atoms with Crippen LogP contribution >= 0.6 is 11.3 Å². The Bertz CT molecular complexity index is 551. The van der Waals surface area contributed by atoms with Crippen LogP contribution in [0.3, 0.4) is 0 Å². The molecule has 3 nitrogen and oxygen atoms in total. The summed E-state index contributed by atoms with van der Waals surface area (Å²) in [4.78, 5) is 5.09. The molecule has 102 valence electrons. The predicted molar refractivity (Wildman–Crippen MR) is 77.7 cm³/mol. The van der Waals surface area contributed by atoms with Crippen molar-refractivity contribution in [1.82, 2.24) is 10.3 Å². The molecule has 3 N–H and O–H groups in total. The first-order chi connectivity index (χ1) is 8.99. The van der Waals surface area contributed by atoms with E-state index >= 15 is 0 Å². The lowest BCUT2D eigenvalue weighted by Crippen LogP contribution is -2.33. The summed E-state index contributed by atoms with van der Waals surface area (Å²) in [6.07, 6.45) is 1.77. The number of anilines is 1. The Kier molecular flexibility index (Phi) is 4.17. The van der Waals surface area contributed by atoms with Crippen molar-refractivity contribution >= 4 is 16.5 Å². The molecule has 1 aromatic heterocycles. The second-order valence-electron chi connectivity index (χ2n) is 5.13. The van der Waals surface area contributed by atoms with Crippen LogP contribution < -0.4 is 11.1 Å². The zero-order valence-electron chi connectivity index (χ0n) is 11.1. The molecule has 0 unspecified atom stereocenters. The minimum Gasteiger partial charge on any atom is -0.375 e. The molecule has 0 atom stereocenters. The van der Waals surface area contributed by atoms with Gasteiger partial charge in [-0.15, -0.1) is 11.3 Å². The molecular weight excluding hydrogens is 261 g/mol. The number of nitrogens with one attached hydrogen (secondary N) is 1. The average molecular weight is 279 g/mol. The first-order valence-corrected chi connectivity index (χ1v) is 6.96. The molecule has 0 amide bonds. The second kappa shape index (κ2) is 5.67. The molecule has 1 heterocycles. The molecule has 0 bridgehead atoms. The van der Waals surface area contributed by atoms with E-state index in [1.54, 1.807) is 12.3 Å². The number of benzene rings is 1. The largest absolute Gasteiger partial charge is 0.375 e. The summed E-state index contributed by atoms with van der Waals surface area (Å²) in [5.74, 6) is -0.156. The van der Waals surface area contributed by atoms with Crippen LogP contribution in [-0.2, 0) is 12.0 Å². The summed E-state index contributed by atoms with van der Waals surface area (Å²) in [5.41, 5.74) is 6.04. The average Bonchev–Trinajstić information content (AvgIpc) is 2.75. The monoisotopic (exact) mass is 279 g/mol. The maximum atomic E-state index is 13.8. The number of nitrogens with zero attached hydrogens (tertiary/aromatic N) is 1. The Labute approximate surface area is 116 Å². The van der Waals surface area contributed by atoms with Gasteiger partial charge >= 0.3 is 0 Å². The third-order valence-electron chi connectivity index (χ3n) is 3.04. The van der Waals surface area contributed by atoms with Gasteiger partial charge in [0.15, 0.2) is 5.13 Å². The van der Waals surface area contributed by atoms with Crippen LogP contribution in [0.15, 0.2) is 30.5 Å². The van der Waals surface area contributed by atoms with E-state index in [1.807, 2.05) is 26.0 Å². The molecular formula is C14H18FN3S. The number of aromatic nitrogens is 1. The minimum atomic E-state index is -0.262. The highest BCUT2D eigenvalue weighted by atomic mass is 32.1. The maximum absolute atomic E-state index is 13.8. The number of hydrogen-bond acceptors (Lipinski definition) is 4. The highest BCUT2D eigenvalue weighted by molar-refractivity contribution is 7.15. The van der Waals surface area contributed by atoms with Crippen molar-refractivity contribution in [3.8, 4) is 0 Å². The van der Waals surface area contributed by atoms with Crippen LogP contribution in [0, 0.1) is 5.82 Å². The fraction of sp³-hybridized carbons (Fsp3) is 0.357. The van der Waals surface area contributed by atoms with Gasteiger partial charge in [0.1, 0.15) is 5.82 Å². The summed E-state index contributed by atoms with van der Waals surface area (Å²) in [6.45, 7) is 5.44. The summed E-state index contributed by atoms with van der Waals surface area (Å²) in [7, 11) is 0. The number of halogens is 1. The van der Waals surface area contributed by atoms with Crippen molar-refractivity contribution in [3.05, 3.63) is 46.7 Å². The first kappa shape index (κ1) is 14.0. The summed E-state index contributed by atoms with van der Waals surface area (Å²) in [6, 6.07) is 6.91. The highest BCUT2D eigenvalue weighted by Crippen LogP contribution is 2.25. The van der Waals surface area contributed by atoms with Gasteiger partial charge in [-0.2, -0.15) is 0 Å². The number of thiazole rings is 1. The van der Waals surface area contributed by atoms with Crippen molar-refractivity contribution in [1.29, 1.82) is 0 Å². The Balaban J connectivity index is 1.96. The summed E-state index contributed by atoms with van der Waals surface area (Å²) >= 11 is 1.47. The minimum absolute atomic E-state index is 0.156. The van der Waals surface area contributed by atoms with E-state index in [-0.39, 0.29) is 11.2 Å². The van der Waals surface area contributed by atoms with Gasteiger partial charge in [0.25, 0.3) is 0 Å². The first-order valence-electron chi connectivity index (χ1n) is 6.15. The summed E-state index contributed by atoms with van der Waals surface area (Å²) in [5, 5.41) is 3.90. The zero-order valence-corrected chi connectivity index (χ0v) is 11.9. The van der Waals surface area contributed by atoms with E-state index in [0.717, 1.165) is 10.4 Å². The lowest BCUT2D eigenvalue weighted by molar-refractivity contribution is 0.445. The van der Waals surface area contributed by atoms with Gasteiger partial charge in [0, 0.05) is 29.6 Å². The van der Waals surface area contributed by atoms with Gasteiger partial charge in [-0.05, 0) is 11.6 Å². The number of nitrogens with two attached hydrogens (primary N) is 1. The van der Waals surface area contributed by atoms with Crippen molar-refractivity contribution in [2.45, 2.75) is 25.8 Å². The number of nitrogen functional groups attached to an aromatic ring is 1. The van der Waals surface area contributed by atoms with Gasteiger partial charge in [0.2, 0.25) is 0 Å². The van der Waals surface area contributed by atoms with Crippen LogP contribution in [0.1, 0.15) is 24.3 Å². The summed E-state index contributed by atoms with van der Waals surface area (Å²) < 4.78 is 13.8. The van der Waals surface area contributed by atoms with Gasteiger partial charge in [0.05, 0.1) is 0 Å². The van der Waals surface area contributed by atoms with E-state index in [4.69, 9.17) is 5.73 Å². The molecule has 0 spiro atoms. The Morgan fingerprint density at radius 2 is 2.11 bits per heavy atom. The molecule has 19 heavy (non-hydrogen) atoms. The Morgan fingerprint density at radius 1 is 1.37 bits per heavy atom. The molecule has 0 aliphatic carbocycles. The normalized spacial score (nSPS) is 11.7. The smallest absolute Gasteiger partial charge is 0.180 e. The van der Waals surface area contributed by atoms with E-state index in [0.29, 0.717) is 18.2 Å². The van der Waals surface area contributed by atoms with Crippen LogP contribution in [0.4, 0.5) is 9.52 Å². The Morgan fingerprint density at radius 3 is 2.74 bits per heavy atom. The van der Waals surface area contributed by atoms with Crippen LogP contribution in [0.2, 0.25) is 0 Å². The van der Waals surface area contributed by atoms with Crippen LogP contribution in [-0.4, -0.2) is 11.5 Å². The van der Waals surface area contributed by atoms with E-state index in [2.05, 4.69) is 10.3 Å². The standard InChI is InChI=1S/C14H18FN3S/c1-14(2,11-5-3-4-6-12(11)15)9-17-7-10-8-18-13(16)19-10/h3-6,8,17H,7,9H2,1-2H3,(H2,16,18). The maximum Gasteiger partial charge on any atom is 0.180 e. The van der Waals surface area contributed by atoms with Gasteiger partial charge in [-0.1, -0.05) is 32.0 Å². The van der Waals surface area contributed by atoms with Crippen molar-refractivity contribution in [2.75, 3.05) is 12.3 Å². The third kappa shape index (κ3) is 3.52. The fourth-order valence-corrected chi connectivity index (χ4v) is 2.66. The second-order valence-corrected chi connectivity index (χ2v) is 6.28. The van der Waals surface area contributed by atoms with E-state index in [9.17, 15) is 4.39 Å². The third-order valence-corrected chi connectivity index (χ3v) is 3.87. The topological polar surface area (TPSA) is 50.9 Å². The quantitative estimate of drug-likeness (QED) is 0.884. The van der Waals surface area contributed by atoms with Crippen molar-refractivity contribution in [2.24, 2.45) is 0 Å².